The summed E-state index contributed by atoms with van der Waals surface area (Å²) < 4.78 is 37.0. The molecule has 0 bridgehead atoms. The maximum Gasteiger partial charge on any atom is 0.201 e. The summed E-state index contributed by atoms with van der Waals surface area (Å²) in [7, 11) is 2.88. The number of benzene rings is 2. The molecule has 0 spiro atoms. The van der Waals surface area contributed by atoms with E-state index in [0.29, 0.717) is 0 Å². The van der Waals surface area contributed by atoms with Gasteiger partial charge in [-0.1, -0.05) is 24.3 Å². The first-order valence-electron chi connectivity index (χ1n) is 6.00. The highest BCUT2D eigenvalue weighted by molar-refractivity contribution is 5.70. The van der Waals surface area contributed by atoms with E-state index in [1.807, 2.05) is 12.1 Å². The molecule has 2 aromatic rings. The van der Waals surface area contributed by atoms with Gasteiger partial charge < -0.3 is 9.47 Å². The first kappa shape index (κ1) is 14.1. The van der Waals surface area contributed by atoms with Gasteiger partial charge in [0.05, 0.1) is 14.2 Å². The summed E-state index contributed by atoms with van der Waals surface area (Å²) in [6, 6.07) is 10.1. The summed E-state index contributed by atoms with van der Waals surface area (Å²) in [5.74, 6) is -1.27. The van der Waals surface area contributed by atoms with Gasteiger partial charge in [0.1, 0.15) is 5.75 Å². The molecular weight excluding hydrogens is 262 g/mol. The lowest BCUT2D eigenvalue weighted by Gasteiger charge is -2.04. The van der Waals surface area contributed by atoms with Crippen molar-refractivity contribution >= 4 is 12.2 Å². The van der Waals surface area contributed by atoms with E-state index in [1.165, 1.54) is 25.3 Å². The molecule has 0 saturated carbocycles. The van der Waals surface area contributed by atoms with Crippen LogP contribution in [0, 0.1) is 11.6 Å². The van der Waals surface area contributed by atoms with Crippen LogP contribution < -0.4 is 9.47 Å². The van der Waals surface area contributed by atoms with Crippen LogP contribution in [-0.2, 0) is 0 Å². The Kier molecular flexibility index (Phi) is 4.35. The smallest absolute Gasteiger partial charge is 0.201 e. The summed E-state index contributed by atoms with van der Waals surface area (Å²) in [4.78, 5) is 0. The first-order chi connectivity index (χ1) is 9.65. The zero-order valence-electron chi connectivity index (χ0n) is 11.2. The summed E-state index contributed by atoms with van der Waals surface area (Å²) in [5.41, 5.74) is 1.03. The van der Waals surface area contributed by atoms with E-state index in [-0.39, 0.29) is 11.3 Å². The first-order valence-corrected chi connectivity index (χ1v) is 6.00. The molecule has 104 valence electrons. The third-order valence-electron chi connectivity index (χ3n) is 2.87. The lowest BCUT2D eigenvalue weighted by atomic mass is 10.1. The predicted molar refractivity (Wildman–Crippen MR) is 74.8 cm³/mol. The molecule has 2 aromatic carbocycles. The molecule has 2 rings (SSSR count). The van der Waals surface area contributed by atoms with Crippen molar-refractivity contribution in [3.05, 3.63) is 59.2 Å². The Morgan fingerprint density at radius 1 is 0.800 bits per heavy atom. The molecule has 0 aliphatic heterocycles. The van der Waals surface area contributed by atoms with Gasteiger partial charge in [0.15, 0.2) is 11.6 Å². The quantitative estimate of drug-likeness (QED) is 0.781. The summed E-state index contributed by atoms with van der Waals surface area (Å²) in [6.45, 7) is 0. The fourth-order valence-electron chi connectivity index (χ4n) is 1.73. The average molecular weight is 276 g/mol. The van der Waals surface area contributed by atoms with Crippen molar-refractivity contribution in [2.24, 2.45) is 0 Å². The van der Waals surface area contributed by atoms with Crippen molar-refractivity contribution < 1.29 is 18.3 Å². The lowest BCUT2D eigenvalue weighted by Crippen LogP contribution is -1.94. The zero-order chi connectivity index (χ0) is 14.5. The number of ether oxygens (including phenoxy) is 2. The number of hydrogen-bond acceptors (Lipinski definition) is 2. The fraction of sp³-hybridized carbons (Fsp3) is 0.125. The van der Waals surface area contributed by atoms with Crippen LogP contribution in [0.3, 0.4) is 0 Å². The normalized spacial score (nSPS) is 10.8. The third kappa shape index (κ3) is 2.96. The second-order valence-corrected chi connectivity index (χ2v) is 4.09. The second-order valence-electron chi connectivity index (χ2n) is 4.09. The Morgan fingerprint density at radius 3 is 2.10 bits per heavy atom. The van der Waals surface area contributed by atoms with Gasteiger partial charge in [-0.25, -0.2) is 4.39 Å². The molecule has 0 amide bonds. The zero-order valence-corrected chi connectivity index (χ0v) is 11.2. The number of methoxy groups -OCH3 is 2. The van der Waals surface area contributed by atoms with Gasteiger partial charge in [0.25, 0.3) is 0 Å². The highest BCUT2D eigenvalue weighted by atomic mass is 19.2. The minimum absolute atomic E-state index is 0.107. The largest absolute Gasteiger partial charge is 0.497 e. The van der Waals surface area contributed by atoms with Gasteiger partial charge in [-0.2, -0.15) is 4.39 Å². The SMILES string of the molecule is COc1ccc(C=Cc2ccc(OC)c(F)c2F)cc1. The molecule has 20 heavy (non-hydrogen) atoms. The Hall–Kier alpha value is -2.36. The number of hydrogen-bond donors (Lipinski definition) is 0. The molecular formula is C16H14F2O2. The number of rotatable bonds is 4. The maximum absolute atomic E-state index is 13.7. The van der Waals surface area contributed by atoms with Crippen molar-refractivity contribution in [2.45, 2.75) is 0 Å². The molecule has 4 heteroatoms. The van der Waals surface area contributed by atoms with E-state index in [9.17, 15) is 8.78 Å². The Bertz CT molecular complexity index is 619. The molecule has 0 aromatic heterocycles. The van der Waals surface area contributed by atoms with Gasteiger partial charge in [-0.15, -0.1) is 0 Å². The third-order valence-corrected chi connectivity index (χ3v) is 2.87. The molecule has 0 atom stereocenters. The van der Waals surface area contributed by atoms with Crippen molar-refractivity contribution in [3.63, 3.8) is 0 Å². The van der Waals surface area contributed by atoms with Crippen molar-refractivity contribution in [3.8, 4) is 11.5 Å². The van der Waals surface area contributed by atoms with Crippen LogP contribution in [0.15, 0.2) is 36.4 Å². The van der Waals surface area contributed by atoms with Crippen LogP contribution in [-0.4, -0.2) is 14.2 Å². The van der Waals surface area contributed by atoms with Crippen LogP contribution in [0.4, 0.5) is 8.78 Å². The Balaban J connectivity index is 2.24. The van der Waals surface area contributed by atoms with Crippen molar-refractivity contribution in [2.75, 3.05) is 14.2 Å². The minimum atomic E-state index is -0.982. The van der Waals surface area contributed by atoms with Crippen LogP contribution >= 0.6 is 0 Å². The van der Waals surface area contributed by atoms with Crippen LogP contribution in [0.1, 0.15) is 11.1 Å². The van der Waals surface area contributed by atoms with Gasteiger partial charge in [-0.05, 0) is 29.8 Å². The average Bonchev–Trinajstić information content (AvgIpc) is 2.49. The van der Waals surface area contributed by atoms with Crippen molar-refractivity contribution in [1.29, 1.82) is 0 Å². The highest BCUT2D eigenvalue weighted by Crippen LogP contribution is 2.24. The van der Waals surface area contributed by atoms with E-state index < -0.39 is 11.6 Å². The van der Waals surface area contributed by atoms with E-state index in [4.69, 9.17) is 9.47 Å². The van der Waals surface area contributed by atoms with Crippen molar-refractivity contribution in [1.82, 2.24) is 0 Å². The summed E-state index contributed by atoms with van der Waals surface area (Å²) >= 11 is 0. The van der Waals surface area contributed by atoms with E-state index in [2.05, 4.69) is 0 Å². The summed E-state index contributed by atoms with van der Waals surface area (Å²) in [6.07, 6.45) is 3.21. The minimum Gasteiger partial charge on any atom is -0.497 e. The predicted octanol–water partition coefficient (Wildman–Crippen LogP) is 4.15. The summed E-state index contributed by atoms with van der Waals surface area (Å²) in [5, 5.41) is 0. The molecule has 0 heterocycles. The van der Waals surface area contributed by atoms with Gasteiger partial charge in [0.2, 0.25) is 5.82 Å². The molecule has 0 aliphatic rings. The van der Waals surface area contributed by atoms with Gasteiger partial charge in [-0.3, -0.25) is 0 Å². The molecule has 0 aliphatic carbocycles. The molecule has 0 N–H and O–H groups in total. The highest BCUT2D eigenvalue weighted by Gasteiger charge is 2.11. The fourth-order valence-corrected chi connectivity index (χ4v) is 1.73. The lowest BCUT2D eigenvalue weighted by molar-refractivity contribution is 0.371. The number of halogens is 2. The molecule has 0 fully saturated rings. The molecule has 0 unspecified atom stereocenters. The standard InChI is InChI=1S/C16H14F2O2/c1-19-13-8-4-11(5-9-13)3-6-12-7-10-14(20-2)16(18)15(12)17/h3-10H,1-2H3. The van der Waals surface area contributed by atoms with Gasteiger partial charge >= 0.3 is 0 Å². The maximum atomic E-state index is 13.7. The molecule has 0 radical (unpaired) electrons. The molecule has 2 nitrogen and oxygen atoms in total. The van der Waals surface area contributed by atoms with Crippen LogP contribution in [0.2, 0.25) is 0 Å². The topological polar surface area (TPSA) is 18.5 Å². The second kappa shape index (κ2) is 6.19. The Labute approximate surface area is 116 Å². The van der Waals surface area contributed by atoms with Crippen LogP contribution in [0.25, 0.3) is 12.2 Å². The molecule has 0 saturated heterocycles. The van der Waals surface area contributed by atoms with Crippen LogP contribution in [0.5, 0.6) is 11.5 Å². The Morgan fingerprint density at radius 2 is 1.50 bits per heavy atom. The van der Waals surface area contributed by atoms with E-state index in [1.54, 1.807) is 25.3 Å². The van der Waals surface area contributed by atoms with E-state index >= 15 is 0 Å². The van der Waals surface area contributed by atoms with Gasteiger partial charge in [0, 0.05) is 5.56 Å². The monoisotopic (exact) mass is 276 g/mol. The van der Waals surface area contributed by atoms with E-state index in [0.717, 1.165) is 11.3 Å².